The van der Waals surface area contributed by atoms with E-state index in [0.29, 0.717) is 39.7 Å². The minimum atomic E-state index is -0.383. The highest BCUT2D eigenvalue weighted by atomic mass is 19.1. The van der Waals surface area contributed by atoms with Crippen LogP contribution < -0.4 is 14.8 Å². The summed E-state index contributed by atoms with van der Waals surface area (Å²) in [7, 11) is 1.51. The number of benzene rings is 1. The number of fused-ring (bicyclic) bond motifs is 1. The van der Waals surface area contributed by atoms with Crippen molar-refractivity contribution in [1.82, 2.24) is 19.7 Å². The van der Waals surface area contributed by atoms with Gasteiger partial charge in [-0.3, -0.25) is 14.8 Å². The molecule has 4 rings (SSSR count). The maximum Gasteiger partial charge on any atom is 0.231 e. The molecular weight excluding hydrogens is 461 g/mol. The number of amides is 1. The van der Waals surface area contributed by atoms with E-state index in [1.165, 1.54) is 25.4 Å². The van der Waals surface area contributed by atoms with Crippen molar-refractivity contribution in [3.8, 4) is 17.2 Å². The Labute approximate surface area is 209 Å². The highest BCUT2D eigenvalue weighted by molar-refractivity contribution is 5.92. The summed E-state index contributed by atoms with van der Waals surface area (Å²) < 4.78 is 27.1. The molecule has 188 valence electrons. The van der Waals surface area contributed by atoms with Gasteiger partial charge in [-0.2, -0.15) is 5.10 Å². The molecule has 0 unspecified atom stereocenters. The van der Waals surface area contributed by atoms with Crippen molar-refractivity contribution in [2.75, 3.05) is 12.4 Å². The third-order valence-corrected chi connectivity index (χ3v) is 5.78. The van der Waals surface area contributed by atoms with Crippen LogP contribution in [0.1, 0.15) is 44.6 Å². The van der Waals surface area contributed by atoms with E-state index >= 15 is 0 Å². The summed E-state index contributed by atoms with van der Waals surface area (Å²) in [6.45, 7) is 10.1. The molecule has 0 saturated carbocycles. The zero-order valence-electron chi connectivity index (χ0n) is 21.3. The molecule has 0 aliphatic heterocycles. The second kappa shape index (κ2) is 9.93. The van der Waals surface area contributed by atoms with Crippen LogP contribution in [-0.4, -0.2) is 32.8 Å². The van der Waals surface area contributed by atoms with E-state index in [0.717, 1.165) is 17.7 Å². The van der Waals surface area contributed by atoms with Gasteiger partial charge < -0.3 is 14.8 Å². The number of halogens is 1. The lowest BCUT2D eigenvalue weighted by molar-refractivity contribution is -0.115. The van der Waals surface area contributed by atoms with Crippen molar-refractivity contribution in [3.63, 3.8) is 0 Å². The van der Waals surface area contributed by atoms with Gasteiger partial charge in [-0.05, 0) is 58.4 Å². The minimum absolute atomic E-state index is 0.00434. The van der Waals surface area contributed by atoms with Crippen LogP contribution in [0.15, 0.2) is 42.7 Å². The molecule has 8 nitrogen and oxygen atoms in total. The quantitative estimate of drug-likeness (QED) is 0.363. The van der Waals surface area contributed by atoms with E-state index in [2.05, 4.69) is 20.4 Å². The average molecular weight is 492 g/mol. The third-order valence-electron chi connectivity index (χ3n) is 5.78. The number of aromatic nitrogens is 4. The van der Waals surface area contributed by atoms with Crippen molar-refractivity contribution >= 4 is 22.6 Å². The van der Waals surface area contributed by atoms with Crippen LogP contribution in [-0.2, 0) is 23.2 Å². The summed E-state index contributed by atoms with van der Waals surface area (Å²) >= 11 is 0. The Balaban J connectivity index is 1.56. The number of carbonyl (C=O) groups excluding carboxylic acids is 1. The predicted molar refractivity (Wildman–Crippen MR) is 136 cm³/mol. The standard InChI is InChI=1S/C27H30FN5O3/c1-7-19-16(2)32-33(27(3,4)5)26(19)31-25(34)14-22-24(35-6)13-18(15-30-22)36-23-10-11-29-21-9-8-17(28)12-20(21)23/h8-13,15H,7,14H2,1-6H3,(H,31,34). The van der Waals surface area contributed by atoms with Crippen LogP contribution in [0.5, 0.6) is 17.2 Å². The fourth-order valence-electron chi connectivity index (χ4n) is 4.05. The zero-order valence-corrected chi connectivity index (χ0v) is 21.3. The molecule has 1 N–H and O–H groups in total. The lowest BCUT2D eigenvalue weighted by Crippen LogP contribution is -2.27. The molecule has 36 heavy (non-hydrogen) atoms. The molecule has 0 aliphatic rings. The Morgan fingerprint density at radius 2 is 1.92 bits per heavy atom. The first-order chi connectivity index (χ1) is 17.1. The fourth-order valence-corrected chi connectivity index (χ4v) is 4.05. The Morgan fingerprint density at radius 3 is 2.61 bits per heavy atom. The molecule has 0 atom stereocenters. The van der Waals surface area contributed by atoms with Crippen LogP contribution in [0.4, 0.5) is 10.2 Å². The molecule has 0 aliphatic carbocycles. The Kier molecular flexibility index (Phi) is 6.92. The number of aryl methyl sites for hydroxylation is 1. The summed E-state index contributed by atoms with van der Waals surface area (Å²) in [4.78, 5) is 21.7. The van der Waals surface area contributed by atoms with E-state index in [1.807, 2.05) is 39.3 Å². The lowest BCUT2D eigenvalue weighted by atomic mass is 10.1. The van der Waals surface area contributed by atoms with Gasteiger partial charge in [0.1, 0.15) is 28.9 Å². The first-order valence-electron chi connectivity index (χ1n) is 11.7. The van der Waals surface area contributed by atoms with Gasteiger partial charge in [0.2, 0.25) is 5.91 Å². The molecule has 0 radical (unpaired) electrons. The van der Waals surface area contributed by atoms with Crippen molar-refractivity contribution in [3.05, 3.63) is 65.5 Å². The number of ether oxygens (including phenoxy) is 2. The first kappa shape index (κ1) is 25.1. The summed E-state index contributed by atoms with van der Waals surface area (Å²) in [5.41, 5.74) is 2.67. The highest BCUT2D eigenvalue weighted by Gasteiger charge is 2.24. The summed E-state index contributed by atoms with van der Waals surface area (Å²) in [5, 5.41) is 8.21. The Morgan fingerprint density at radius 1 is 1.14 bits per heavy atom. The monoisotopic (exact) mass is 491 g/mol. The molecule has 0 bridgehead atoms. The van der Waals surface area contributed by atoms with E-state index in [9.17, 15) is 9.18 Å². The number of pyridine rings is 2. The average Bonchev–Trinajstić information content (AvgIpc) is 3.15. The van der Waals surface area contributed by atoms with Crippen LogP contribution in [0.2, 0.25) is 0 Å². The van der Waals surface area contributed by atoms with Crippen LogP contribution >= 0.6 is 0 Å². The van der Waals surface area contributed by atoms with Crippen molar-refractivity contribution in [2.24, 2.45) is 0 Å². The zero-order chi connectivity index (χ0) is 26.0. The number of anilines is 1. The van der Waals surface area contributed by atoms with Gasteiger partial charge in [0.05, 0.1) is 42.2 Å². The van der Waals surface area contributed by atoms with Crippen LogP contribution in [0.3, 0.4) is 0 Å². The second-order valence-corrected chi connectivity index (χ2v) is 9.47. The van der Waals surface area contributed by atoms with Crippen molar-refractivity contribution in [2.45, 2.75) is 53.0 Å². The first-order valence-corrected chi connectivity index (χ1v) is 11.7. The molecule has 4 aromatic rings. The van der Waals surface area contributed by atoms with Gasteiger partial charge in [-0.15, -0.1) is 0 Å². The predicted octanol–water partition coefficient (Wildman–Crippen LogP) is 5.57. The number of nitrogens with one attached hydrogen (secondary N) is 1. The number of methoxy groups -OCH3 is 1. The van der Waals surface area contributed by atoms with Gasteiger partial charge in [0.15, 0.2) is 0 Å². The van der Waals surface area contributed by atoms with Crippen LogP contribution in [0, 0.1) is 12.7 Å². The molecule has 3 heterocycles. The smallest absolute Gasteiger partial charge is 0.231 e. The maximum absolute atomic E-state index is 13.8. The normalized spacial score (nSPS) is 11.5. The minimum Gasteiger partial charge on any atom is -0.495 e. The van der Waals surface area contributed by atoms with E-state index in [4.69, 9.17) is 9.47 Å². The van der Waals surface area contributed by atoms with E-state index in [-0.39, 0.29) is 23.7 Å². The summed E-state index contributed by atoms with van der Waals surface area (Å²) in [6, 6.07) is 7.62. The van der Waals surface area contributed by atoms with Gasteiger partial charge in [0, 0.05) is 23.2 Å². The number of nitrogens with zero attached hydrogens (tertiary/aromatic N) is 4. The van der Waals surface area contributed by atoms with E-state index < -0.39 is 0 Å². The molecule has 0 saturated heterocycles. The highest BCUT2D eigenvalue weighted by Crippen LogP contribution is 2.32. The van der Waals surface area contributed by atoms with E-state index in [1.54, 1.807) is 24.4 Å². The van der Waals surface area contributed by atoms with Gasteiger partial charge in [-0.1, -0.05) is 6.92 Å². The number of carbonyl (C=O) groups is 1. The summed E-state index contributed by atoms with van der Waals surface area (Å²) in [5.74, 6) is 1.32. The van der Waals surface area contributed by atoms with Crippen LogP contribution in [0.25, 0.3) is 10.9 Å². The SMILES string of the molecule is CCc1c(C)nn(C(C)(C)C)c1NC(=O)Cc1ncc(Oc2ccnc3ccc(F)cc23)cc1OC. The molecule has 3 aromatic heterocycles. The van der Waals surface area contributed by atoms with Crippen molar-refractivity contribution in [1.29, 1.82) is 0 Å². The lowest BCUT2D eigenvalue weighted by Gasteiger charge is -2.23. The van der Waals surface area contributed by atoms with Crippen molar-refractivity contribution < 1.29 is 18.7 Å². The second-order valence-electron chi connectivity index (χ2n) is 9.47. The topological polar surface area (TPSA) is 91.2 Å². The maximum atomic E-state index is 13.8. The number of hydrogen-bond acceptors (Lipinski definition) is 6. The summed E-state index contributed by atoms with van der Waals surface area (Å²) in [6.07, 6.45) is 3.86. The molecular formula is C27H30FN5O3. The van der Waals surface area contributed by atoms with Gasteiger partial charge in [0.25, 0.3) is 0 Å². The number of rotatable bonds is 7. The molecule has 9 heteroatoms. The fraction of sp³-hybridized carbons (Fsp3) is 0.333. The molecule has 0 fully saturated rings. The van der Waals surface area contributed by atoms with Gasteiger partial charge in [-0.25, -0.2) is 9.07 Å². The molecule has 0 spiro atoms. The third kappa shape index (κ3) is 5.15. The van der Waals surface area contributed by atoms with Gasteiger partial charge >= 0.3 is 0 Å². The Bertz CT molecular complexity index is 1430. The largest absolute Gasteiger partial charge is 0.495 e. The Hall–Kier alpha value is -4.01. The number of hydrogen-bond donors (Lipinski definition) is 1. The molecule has 1 aromatic carbocycles. The molecule has 1 amide bonds.